The van der Waals surface area contributed by atoms with Crippen LogP contribution in [-0.2, 0) is 4.74 Å². The quantitative estimate of drug-likeness (QED) is 0.536. The molecule has 0 unspecified atom stereocenters. The molecule has 1 aliphatic heterocycles. The Balaban J connectivity index is 1.41. The van der Waals surface area contributed by atoms with E-state index >= 15 is 0 Å². The highest BCUT2D eigenvalue weighted by Crippen LogP contribution is 2.22. The Morgan fingerprint density at radius 1 is 0.885 bits per heavy atom. The molecule has 2 aromatic carbocycles. The molecule has 0 radical (unpaired) electrons. The summed E-state index contributed by atoms with van der Waals surface area (Å²) in [5.74, 6) is -1.33. The molecule has 0 fully saturated rings. The maximum atomic E-state index is 12.3. The van der Waals surface area contributed by atoms with Gasteiger partial charge in [0, 0.05) is 5.39 Å². The average Bonchev–Trinajstić information content (AvgIpc) is 2.92. The maximum Gasteiger partial charge on any atom is 0.357 e. The number of carbonyl (C=O) groups is 3. The zero-order valence-electron chi connectivity index (χ0n) is 13.7. The van der Waals surface area contributed by atoms with Gasteiger partial charge in [-0.15, -0.1) is 0 Å². The van der Waals surface area contributed by atoms with Crippen molar-refractivity contribution in [3.63, 3.8) is 0 Å². The van der Waals surface area contributed by atoms with E-state index in [4.69, 9.17) is 4.74 Å². The zero-order chi connectivity index (χ0) is 18.1. The molecule has 0 bridgehead atoms. The summed E-state index contributed by atoms with van der Waals surface area (Å²) in [5.41, 5.74) is 1.63. The van der Waals surface area contributed by atoms with Crippen molar-refractivity contribution in [2.75, 3.05) is 13.2 Å². The van der Waals surface area contributed by atoms with Gasteiger partial charge < -0.3 is 4.74 Å². The Hall–Kier alpha value is -3.54. The molecule has 3 aromatic rings. The molecule has 0 atom stereocenters. The van der Waals surface area contributed by atoms with Crippen molar-refractivity contribution in [3.8, 4) is 0 Å². The number of benzene rings is 2. The third-order valence-electron chi connectivity index (χ3n) is 4.23. The van der Waals surface area contributed by atoms with Gasteiger partial charge in [0.1, 0.15) is 12.3 Å². The summed E-state index contributed by atoms with van der Waals surface area (Å²) >= 11 is 0. The van der Waals surface area contributed by atoms with Gasteiger partial charge in [0.05, 0.1) is 23.2 Å². The fourth-order valence-electron chi connectivity index (χ4n) is 2.93. The predicted molar refractivity (Wildman–Crippen MR) is 93.8 cm³/mol. The number of pyridine rings is 1. The number of nitrogens with zero attached hydrogens (tertiary/aromatic N) is 2. The van der Waals surface area contributed by atoms with Crippen LogP contribution < -0.4 is 0 Å². The molecule has 6 nitrogen and oxygen atoms in total. The first-order valence-electron chi connectivity index (χ1n) is 8.13. The van der Waals surface area contributed by atoms with E-state index in [1.54, 1.807) is 36.4 Å². The minimum Gasteiger partial charge on any atom is -0.459 e. The topological polar surface area (TPSA) is 76.6 Å². The van der Waals surface area contributed by atoms with Gasteiger partial charge in [-0.25, -0.2) is 9.78 Å². The standard InChI is InChI=1S/C20H14N2O4/c23-18-14-6-2-3-7-15(14)19(24)22(18)11-12-26-20(25)17-10-9-13-5-1-4-8-16(13)21-17/h1-10H,11-12H2. The molecule has 0 N–H and O–H groups in total. The van der Waals surface area contributed by atoms with Gasteiger partial charge in [-0.3, -0.25) is 14.5 Å². The Labute approximate surface area is 149 Å². The fraction of sp³-hybridized carbons (Fsp3) is 0.100. The van der Waals surface area contributed by atoms with Gasteiger partial charge in [0.25, 0.3) is 11.8 Å². The van der Waals surface area contributed by atoms with E-state index in [1.807, 2.05) is 24.3 Å². The SMILES string of the molecule is O=C(OCCN1C(=O)c2ccccc2C1=O)c1ccc2ccccc2n1. The summed E-state index contributed by atoms with van der Waals surface area (Å²) in [4.78, 5) is 42.0. The number of amides is 2. The average molecular weight is 346 g/mol. The molecule has 1 aliphatic rings. The first kappa shape index (κ1) is 16.0. The van der Waals surface area contributed by atoms with E-state index in [0.717, 1.165) is 10.3 Å². The van der Waals surface area contributed by atoms with Crippen molar-refractivity contribution in [1.29, 1.82) is 0 Å². The lowest BCUT2D eigenvalue weighted by molar-refractivity contribution is 0.0416. The first-order chi connectivity index (χ1) is 12.6. The molecule has 128 valence electrons. The first-order valence-corrected chi connectivity index (χ1v) is 8.13. The number of hydrogen-bond acceptors (Lipinski definition) is 5. The lowest BCUT2D eigenvalue weighted by Crippen LogP contribution is -2.33. The minimum atomic E-state index is -0.590. The number of imide groups is 1. The summed E-state index contributed by atoms with van der Waals surface area (Å²) in [6, 6.07) is 17.5. The molecule has 0 aliphatic carbocycles. The number of para-hydroxylation sites is 1. The van der Waals surface area contributed by atoms with Gasteiger partial charge >= 0.3 is 5.97 Å². The Morgan fingerprint density at radius 2 is 1.54 bits per heavy atom. The lowest BCUT2D eigenvalue weighted by atomic mass is 10.1. The van der Waals surface area contributed by atoms with E-state index in [1.165, 1.54) is 0 Å². The molecular formula is C20H14N2O4. The molecule has 0 saturated heterocycles. The molecular weight excluding hydrogens is 332 g/mol. The minimum absolute atomic E-state index is 0.00562. The van der Waals surface area contributed by atoms with Gasteiger partial charge in [0.15, 0.2) is 0 Å². The summed E-state index contributed by atoms with van der Waals surface area (Å²) in [5, 5.41) is 0.926. The summed E-state index contributed by atoms with van der Waals surface area (Å²) < 4.78 is 5.19. The predicted octanol–water partition coefficient (Wildman–Crippen LogP) is 2.69. The van der Waals surface area contributed by atoms with E-state index in [-0.39, 0.29) is 30.7 Å². The highest BCUT2D eigenvalue weighted by Gasteiger charge is 2.34. The van der Waals surface area contributed by atoms with Crippen LogP contribution in [0.2, 0.25) is 0 Å². The van der Waals surface area contributed by atoms with Crippen LogP contribution in [0.15, 0.2) is 60.7 Å². The second-order valence-corrected chi connectivity index (χ2v) is 5.83. The number of hydrogen-bond donors (Lipinski definition) is 0. The van der Waals surface area contributed by atoms with Crippen molar-refractivity contribution >= 4 is 28.7 Å². The molecule has 26 heavy (non-hydrogen) atoms. The summed E-state index contributed by atoms with van der Waals surface area (Å²) in [7, 11) is 0. The van der Waals surface area contributed by atoms with Crippen LogP contribution in [-0.4, -0.2) is 40.8 Å². The third-order valence-corrected chi connectivity index (χ3v) is 4.23. The van der Waals surface area contributed by atoms with Gasteiger partial charge in [0.2, 0.25) is 0 Å². The van der Waals surface area contributed by atoms with E-state index in [2.05, 4.69) is 4.98 Å². The van der Waals surface area contributed by atoms with Crippen molar-refractivity contribution < 1.29 is 19.1 Å². The van der Waals surface area contributed by atoms with Crippen LogP contribution in [0.3, 0.4) is 0 Å². The van der Waals surface area contributed by atoms with Crippen LogP contribution in [0, 0.1) is 0 Å². The smallest absolute Gasteiger partial charge is 0.357 e. The zero-order valence-corrected chi connectivity index (χ0v) is 13.7. The Bertz CT molecular complexity index is 1010. The molecule has 0 spiro atoms. The number of esters is 1. The summed E-state index contributed by atoms with van der Waals surface area (Å²) in [6.07, 6.45) is 0. The molecule has 0 saturated carbocycles. The second kappa shape index (κ2) is 6.40. The van der Waals surface area contributed by atoms with Crippen LogP contribution in [0.5, 0.6) is 0 Å². The highest BCUT2D eigenvalue weighted by atomic mass is 16.5. The fourth-order valence-corrected chi connectivity index (χ4v) is 2.93. The normalized spacial score (nSPS) is 13.2. The largest absolute Gasteiger partial charge is 0.459 e. The van der Waals surface area contributed by atoms with E-state index in [0.29, 0.717) is 16.6 Å². The molecule has 2 amide bonds. The van der Waals surface area contributed by atoms with E-state index < -0.39 is 5.97 Å². The highest BCUT2D eigenvalue weighted by molar-refractivity contribution is 6.21. The van der Waals surface area contributed by atoms with Crippen molar-refractivity contribution in [2.24, 2.45) is 0 Å². The van der Waals surface area contributed by atoms with Gasteiger partial charge in [-0.05, 0) is 24.3 Å². The van der Waals surface area contributed by atoms with Crippen molar-refractivity contribution in [2.45, 2.75) is 0 Å². The van der Waals surface area contributed by atoms with Crippen molar-refractivity contribution in [1.82, 2.24) is 9.88 Å². The number of ether oxygens (including phenoxy) is 1. The third kappa shape index (κ3) is 2.71. The summed E-state index contributed by atoms with van der Waals surface area (Å²) in [6.45, 7) is -0.0789. The van der Waals surface area contributed by atoms with Gasteiger partial charge in [-0.2, -0.15) is 0 Å². The molecule has 1 aromatic heterocycles. The molecule has 2 heterocycles. The van der Waals surface area contributed by atoms with Crippen molar-refractivity contribution in [3.05, 3.63) is 77.5 Å². The number of rotatable bonds is 4. The van der Waals surface area contributed by atoms with Gasteiger partial charge in [-0.1, -0.05) is 36.4 Å². The second-order valence-electron chi connectivity index (χ2n) is 5.83. The molecule has 6 heteroatoms. The Morgan fingerprint density at radius 3 is 2.27 bits per heavy atom. The number of fused-ring (bicyclic) bond motifs is 2. The number of aromatic nitrogens is 1. The van der Waals surface area contributed by atoms with E-state index in [9.17, 15) is 14.4 Å². The lowest BCUT2D eigenvalue weighted by Gasteiger charge is -2.13. The Kier molecular flexibility index (Phi) is 3.93. The molecule has 4 rings (SSSR count). The van der Waals surface area contributed by atoms with Crippen LogP contribution in [0.25, 0.3) is 10.9 Å². The van der Waals surface area contributed by atoms with Crippen LogP contribution in [0.1, 0.15) is 31.2 Å². The van der Waals surface area contributed by atoms with Crippen LogP contribution >= 0.6 is 0 Å². The maximum absolute atomic E-state index is 12.3. The monoisotopic (exact) mass is 346 g/mol. The van der Waals surface area contributed by atoms with Crippen LogP contribution in [0.4, 0.5) is 0 Å². The number of carbonyl (C=O) groups excluding carboxylic acids is 3.